The highest BCUT2D eigenvalue weighted by Gasteiger charge is 2.19. The van der Waals surface area contributed by atoms with Crippen LogP contribution in [0.25, 0.3) is 11.4 Å². The number of benzene rings is 1. The molecule has 4 nitrogen and oxygen atoms in total. The number of rotatable bonds is 4. The predicted octanol–water partition coefficient (Wildman–Crippen LogP) is 4.20. The van der Waals surface area contributed by atoms with E-state index < -0.39 is 0 Å². The van der Waals surface area contributed by atoms with Crippen molar-refractivity contribution >= 4 is 11.6 Å². The predicted molar refractivity (Wildman–Crippen MR) is 96.8 cm³/mol. The minimum Gasteiger partial charge on any atom is -0.368 e. The summed E-state index contributed by atoms with van der Waals surface area (Å²) in [5, 5.41) is 3.43. The zero-order chi connectivity index (χ0) is 16.2. The average molecular weight is 310 g/mol. The standard InChI is InChI=1S/C19H26N4/c1-14(2)20-17-13-18(23-11-9-15(3)10-12-23)22-19(21-17)16-7-5-4-6-8-16/h4-8,13-15H,9-12H2,1-3H3,(H,20,21,22). The second kappa shape index (κ2) is 6.99. The molecule has 1 N–H and O–H groups in total. The van der Waals surface area contributed by atoms with Gasteiger partial charge in [-0.2, -0.15) is 0 Å². The Kier molecular flexibility index (Phi) is 4.79. The van der Waals surface area contributed by atoms with Crippen molar-refractivity contribution < 1.29 is 0 Å². The Morgan fingerprint density at radius 2 is 1.78 bits per heavy atom. The summed E-state index contributed by atoms with van der Waals surface area (Å²) in [6.07, 6.45) is 2.47. The molecule has 0 bridgehead atoms. The van der Waals surface area contributed by atoms with Crippen LogP contribution in [0.15, 0.2) is 36.4 Å². The van der Waals surface area contributed by atoms with Gasteiger partial charge in [0.05, 0.1) is 0 Å². The minimum atomic E-state index is 0.350. The minimum absolute atomic E-state index is 0.350. The number of nitrogens with one attached hydrogen (secondary N) is 1. The molecule has 1 fully saturated rings. The molecule has 0 spiro atoms. The summed E-state index contributed by atoms with van der Waals surface area (Å²) >= 11 is 0. The van der Waals surface area contributed by atoms with Gasteiger partial charge in [0, 0.05) is 30.8 Å². The molecule has 0 saturated carbocycles. The van der Waals surface area contributed by atoms with E-state index in [4.69, 9.17) is 9.97 Å². The number of aromatic nitrogens is 2. The third-order valence-electron chi connectivity index (χ3n) is 4.29. The molecule has 0 radical (unpaired) electrons. The quantitative estimate of drug-likeness (QED) is 0.919. The Morgan fingerprint density at radius 1 is 1.09 bits per heavy atom. The van der Waals surface area contributed by atoms with E-state index in [0.717, 1.165) is 42.0 Å². The van der Waals surface area contributed by atoms with Crippen molar-refractivity contribution in [2.24, 2.45) is 5.92 Å². The van der Waals surface area contributed by atoms with E-state index in [1.165, 1.54) is 12.8 Å². The molecule has 23 heavy (non-hydrogen) atoms. The number of anilines is 2. The maximum atomic E-state index is 4.83. The molecule has 2 heterocycles. The average Bonchev–Trinajstić information content (AvgIpc) is 2.55. The summed E-state index contributed by atoms with van der Waals surface area (Å²) in [5.41, 5.74) is 1.06. The number of piperidine rings is 1. The van der Waals surface area contributed by atoms with Crippen molar-refractivity contribution in [1.29, 1.82) is 0 Å². The second-order valence-electron chi connectivity index (χ2n) is 6.77. The van der Waals surface area contributed by atoms with Crippen LogP contribution in [0.3, 0.4) is 0 Å². The maximum absolute atomic E-state index is 4.83. The molecule has 2 aromatic rings. The Labute approximate surface area is 139 Å². The molecule has 0 unspecified atom stereocenters. The second-order valence-corrected chi connectivity index (χ2v) is 6.77. The molecular weight excluding hydrogens is 284 g/mol. The fourth-order valence-electron chi connectivity index (χ4n) is 2.92. The molecule has 1 aromatic carbocycles. The van der Waals surface area contributed by atoms with Gasteiger partial charge in [-0.3, -0.25) is 0 Å². The first-order valence-electron chi connectivity index (χ1n) is 8.58. The molecule has 3 rings (SSSR count). The van der Waals surface area contributed by atoms with Gasteiger partial charge in [-0.25, -0.2) is 9.97 Å². The molecule has 1 aliphatic rings. The first-order valence-corrected chi connectivity index (χ1v) is 8.58. The molecule has 0 aliphatic carbocycles. The lowest BCUT2D eigenvalue weighted by molar-refractivity contribution is 0.436. The van der Waals surface area contributed by atoms with Gasteiger partial charge in [0.1, 0.15) is 11.6 Å². The lowest BCUT2D eigenvalue weighted by Gasteiger charge is -2.31. The van der Waals surface area contributed by atoms with Crippen LogP contribution in [0.5, 0.6) is 0 Å². The van der Waals surface area contributed by atoms with Gasteiger partial charge < -0.3 is 10.2 Å². The van der Waals surface area contributed by atoms with E-state index in [1.54, 1.807) is 0 Å². The fraction of sp³-hybridized carbons (Fsp3) is 0.474. The maximum Gasteiger partial charge on any atom is 0.163 e. The summed E-state index contributed by atoms with van der Waals surface area (Å²) in [6.45, 7) is 8.75. The molecule has 1 aliphatic heterocycles. The summed E-state index contributed by atoms with van der Waals surface area (Å²) in [6, 6.07) is 12.7. The van der Waals surface area contributed by atoms with Crippen LogP contribution < -0.4 is 10.2 Å². The van der Waals surface area contributed by atoms with Crippen molar-refractivity contribution in [3.63, 3.8) is 0 Å². The van der Waals surface area contributed by atoms with Gasteiger partial charge in [-0.1, -0.05) is 37.3 Å². The zero-order valence-corrected chi connectivity index (χ0v) is 14.3. The highest BCUT2D eigenvalue weighted by atomic mass is 15.2. The van der Waals surface area contributed by atoms with Crippen LogP contribution in [0.2, 0.25) is 0 Å². The van der Waals surface area contributed by atoms with Crippen LogP contribution in [0.1, 0.15) is 33.6 Å². The molecule has 0 amide bonds. The van der Waals surface area contributed by atoms with E-state index in [9.17, 15) is 0 Å². The fourth-order valence-corrected chi connectivity index (χ4v) is 2.92. The molecule has 1 saturated heterocycles. The summed E-state index contributed by atoms with van der Waals surface area (Å²) < 4.78 is 0. The van der Waals surface area contributed by atoms with Crippen molar-refractivity contribution in [2.75, 3.05) is 23.3 Å². The number of nitrogens with zero attached hydrogens (tertiary/aromatic N) is 3. The SMILES string of the molecule is CC1CCN(c2cc(NC(C)C)nc(-c3ccccc3)n2)CC1. The lowest BCUT2D eigenvalue weighted by atomic mass is 9.99. The number of hydrogen-bond acceptors (Lipinski definition) is 4. The van der Waals surface area contributed by atoms with E-state index >= 15 is 0 Å². The van der Waals surface area contributed by atoms with Crippen LogP contribution in [-0.2, 0) is 0 Å². The molecule has 0 atom stereocenters. The van der Waals surface area contributed by atoms with Crippen molar-refractivity contribution in [2.45, 2.75) is 39.7 Å². The molecule has 1 aromatic heterocycles. The Bertz CT molecular complexity index is 631. The monoisotopic (exact) mass is 310 g/mol. The van der Waals surface area contributed by atoms with E-state index in [0.29, 0.717) is 6.04 Å². The zero-order valence-electron chi connectivity index (χ0n) is 14.3. The van der Waals surface area contributed by atoms with Crippen LogP contribution in [0.4, 0.5) is 11.6 Å². The van der Waals surface area contributed by atoms with Gasteiger partial charge in [0.15, 0.2) is 5.82 Å². The van der Waals surface area contributed by atoms with Crippen LogP contribution in [0, 0.1) is 5.92 Å². The van der Waals surface area contributed by atoms with E-state index in [2.05, 4.69) is 49.2 Å². The smallest absolute Gasteiger partial charge is 0.163 e. The van der Waals surface area contributed by atoms with Gasteiger partial charge in [0.2, 0.25) is 0 Å². The first kappa shape index (κ1) is 15.8. The van der Waals surface area contributed by atoms with Gasteiger partial charge in [0.25, 0.3) is 0 Å². The third-order valence-corrected chi connectivity index (χ3v) is 4.29. The highest BCUT2D eigenvalue weighted by molar-refractivity contribution is 5.62. The van der Waals surface area contributed by atoms with E-state index in [1.807, 2.05) is 18.2 Å². The van der Waals surface area contributed by atoms with Gasteiger partial charge in [-0.15, -0.1) is 0 Å². The van der Waals surface area contributed by atoms with Gasteiger partial charge in [-0.05, 0) is 32.6 Å². The van der Waals surface area contributed by atoms with Crippen LogP contribution >= 0.6 is 0 Å². The third kappa shape index (κ3) is 4.01. The highest BCUT2D eigenvalue weighted by Crippen LogP contribution is 2.26. The van der Waals surface area contributed by atoms with Gasteiger partial charge >= 0.3 is 0 Å². The largest absolute Gasteiger partial charge is 0.368 e. The first-order chi connectivity index (χ1) is 11.1. The summed E-state index contributed by atoms with van der Waals surface area (Å²) in [7, 11) is 0. The summed E-state index contributed by atoms with van der Waals surface area (Å²) in [5.74, 6) is 3.55. The molecule has 4 heteroatoms. The normalized spacial score (nSPS) is 15.9. The molecule has 122 valence electrons. The Balaban J connectivity index is 1.94. The lowest BCUT2D eigenvalue weighted by Crippen LogP contribution is -2.33. The van der Waals surface area contributed by atoms with Crippen molar-refractivity contribution in [3.8, 4) is 11.4 Å². The molecular formula is C19H26N4. The Morgan fingerprint density at radius 3 is 2.43 bits per heavy atom. The van der Waals surface area contributed by atoms with Crippen LogP contribution in [-0.4, -0.2) is 29.1 Å². The van der Waals surface area contributed by atoms with Crippen molar-refractivity contribution in [3.05, 3.63) is 36.4 Å². The number of hydrogen-bond donors (Lipinski definition) is 1. The summed E-state index contributed by atoms with van der Waals surface area (Å²) in [4.78, 5) is 11.9. The topological polar surface area (TPSA) is 41.0 Å². The van der Waals surface area contributed by atoms with Crippen molar-refractivity contribution in [1.82, 2.24) is 9.97 Å². The Hall–Kier alpha value is -2.10. The van der Waals surface area contributed by atoms with E-state index in [-0.39, 0.29) is 0 Å².